The van der Waals surface area contributed by atoms with Crippen LogP contribution in [0, 0.1) is 5.82 Å². The highest BCUT2D eigenvalue weighted by molar-refractivity contribution is 6.08. The van der Waals surface area contributed by atoms with E-state index in [2.05, 4.69) is 15.3 Å². The van der Waals surface area contributed by atoms with Crippen molar-refractivity contribution in [3.05, 3.63) is 119 Å². The Morgan fingerprint density at radius 1 is 0.929 bits per heavy atom. The SMILES string of the molecule is COc1cc(/C=C2/C(C)=C(CC(=O)NCc3cccnc3)c3cc(F)ccc32)cc(OC)c1OC(=O)c1cccnc1. The minimum Gasteiger partial charge on any atom is -0.493 e. The number of fused-ring (bicyclic) bond motifs is 1. The van der Waals surface area contributed by atoms with Gasteiger partial charge in [-0.3, -0.25) is 14.8 Å². The number of hydrogen-bond donors (Lipinski definition) is 1. The van der Waals surface area contributed by atoms with E-state index >= 15 is 0 Å². The molecule has 1 amide bonds. The maximum absolute atomic E-state index is 14.4. The molecule has 0 bridgehead atoms. The van der Waals surface area contributed by atoms with Crippen LogP contribution in [0.25, 0.3) is 17.2 Å². The van der Waals surface area contributed by atoms with Gasteiger partial charge >= 0.3 is 5.97 Å². The van der Waals surface area contributed by atoms with Gasteiger partial charge in [-0.05, 0) is 94.4 Å². The summed E-state index contributed by atoms with van der Waals surface area (Å²) in [6, 6.07) is 14.9. The fraction of sp³-hybridized carbons (Fsp3) is 0.152. The van der Waals surface area contributed by atoms with Crippen LogP contribution in [-0.2, 0) is 11.3 Å². The molecule has 0 saturated heterocycles. The Balaban J connectivity index is 1.47. The van der Waals surface area contributed by atoms with E-state index in [0.717, 1.165) is 27.8 Å². The van der Waals surface area contributed by atoms with Crippen LogP contribution in [0.15, 0.2) is 85.0 Å². The van der Waals surface area contributed by atoms with Gasteiger partial charge in [0, 0.05) is 31.3 Å². The molecule has 0 aliphatic heterocycles. The van der Waals surface area contributed by atoms with Crippen LogP contribution < -0.4 is 19.5 Å². The molecule has 9 heteroatoms. The van der Waals surface area contributed by atoms with Crippen LogP contribution in [0.1, 0.15) is 46.0 Å². The molecule has 2 heterocycles. The second-order valence-corrected chi connectivity index (χ2v) is 9.55. The van der Waals surface area contributed by atoms with Crippen molar-refractivity contribution in [1.29, 1.82) is 0 Å². The number of rotatable bonds is 9. The average Bonchev–Trinajstić information content (AvgIpc) is 3.26. The second-order valence-electron chi connectivity index (χ2n) is 9.55. The Hall–Kier alpha value is -5.31. The van der Waals surface area contributed by atoms with Gasteiger partial charge < -0.3 is 19.5 Å². The summed E-state index contributed by atoms with van der Waals surface area (Å²) in [6.45, 7) is 2.25. The van der Waals surface area contributed by atoms with Gasteiger partial charge in [0.05, 0.1) is 26.2 Å². The Morgan fingerprint density at radius 2 is 1.64 bits per heavy atom. The molecule has 1 aliphatic rings. The van der Waals surface area contributed by atoms with Gasteiger partial charge in [0.2, 0.25) is 11.7 Å². The summed E-state index contributed by atoms with van der Waals surface area (Å²) in [6.07, 6.45) is 8.32. The number of pyridine rings is 2. The first-order chi connectivity index (χ1) is 20.4. The Kier molecular flexibility index (Phi) is 8.38. The molecule has 42 heavy (non-hydrogen) atoms. The fourth-order valence-electron chi connectivity index (χ4n) is 4.79. The van der Waals surface area contributed by atoms with Gasteiger partial charge in [-0.25, -0.2) is 9.18 Å². The van der Waals surface area contributed by atoms with E-state index in [1.165, 1.54) is 32.5 Å². The van der Waals surface area contributed by atoms with E-state index in [4.69, 9.17) is 14.2 Å². The van der Waals surface area contributed by atoms with Crippen LogP contribution in [0.4, 0.5) is 4.39 Å². The molecule has 2 aromatic heterocycles. The number of allylic oxidation sites excluding steroid dienone is 2. The summed E-state index contributed by atoms with van der Waals surface area (Å²) in [7, 11) is 2.93. The van der Waals surface area contributed by atoms with Crippen molar-refractivity contribution < 1.29 is 28.2 Å². The molecule has 212 valence electrons. The van der Waals surface area contributed by atoms with Gasteiger partial charge in [0.15, 0.2) is 11.5 Å². The van der Waals surface area contributed by atoms with Crippen LogP contribution in [0.3, 0.4) is 0 Å². The maximum Gasteiger partial charge on any atom is 0.345 e. The number of carbonyl (C=O) groups excluding carboxylic acids is 2. The van der Waals surface area contributed by atoms with Crippen molar-refractivity contribution in [3.63, 3.8) is 0 Å². The minimum absolute atomic E-state index is 0.0791. The second kappa shape index (κ2) is 12.5. The number of methoxy groups -OCH3 is 2. The Morgan fingerprint density at radius 3 is 2.29 bits per heavy atom. The number of ether oxygens (including phenoxy) is 3. The van der Waals surface area contributed by atoms with Crippen LogP contribution >= 0.6 is 0 Å². The molecule has 5 rings (SSSR count). The highest BCUT2D eigenvalue weighted by Crippen LogP contribution is 2.45. The van der Waals surface area contributed by atoms with Crippen LogP contribution in [0.5, 0.6) is 17.2 Å². The predicted molar refractivity (Wildman–Crippen MR) is 156 cm³/mol. The Bertz CT molecular complexity index is 1680. The summed E-state index contributed by atoms with van der Waals surface area (Å²) in [5.74, 6) is -0.488. The van der Waals surface area contributed by atoms with Crippen molar-refractivity contribution in [1.82, 2.24) is 15.3 Å². The third-order valence-corrected chi connectivity index (χ3v) is 6.89. The first-order valence-electron chi connectivity index (χ1n) is 13.1. The van der Waals surface area contributed by atoms with Gasteiger partial charge in [0.25, 0.3) is 0 Å². The first kappa shape index (κ1) is 28.2. The lowest BCUT2D eigenvalue weighted by Crippen LogP contribution is -2.22. The molecular formula is C33H28FN3O5. The van der Waals surface area contributed by atoms with Gasteiger partial charge in [-0.2, -0.15) is 0 Å². The molecule has 1 aliphatic carbocycles. The molecule has 0 saturated carbocycles. The minimum atomic E-state index is -0.609. The van der Waals surface area contributed by atoms with E-state index in [1.54, 1.807) is 48.9 Å². The zero-order valence-corrected chi connectivity index (χ0v) is 23.3. The number of carbonyl (C=O) groups is 2. The lowest BCUT2D eigenvalue weighted by atomic mass is 10.00. The monoisotopic (exact) mass is 565 g/mol. The Labute approximate surface area is 242 Å². The zero-order valence-electron chi connectivity index (χ0n) is 23.3. The summed E-state index contributed by atoms with van der Waals surface area (Å²) in [5.41, 5.74) is 5.72. The lowest BCUT2D eigenvalue weighted by molar-refractivity contribution is -0.120. The average molecular weight is 566 g/mol. The maximum atomic E-state index is 14.4. The third-order valence-electron chi connectivity index (χ3n) is 6.89. The normalized spacial score (nSPS) is 13.1. The number of nitrogens with zero attached hydrogens (tertiary/aromatic N) is 2. The lowest BCUT2D eigenvalue weighted by Gasteiger charge is -2.15. The molecule has 0 atom stereocenters. The summed E-state index contributed by atoms with van der Waals surface area (Å²) < 4.78 is 31.1. The standard InChI is InChI=1S/C33H28FN3O5/c1-20-26(12-22-13-29(40-2)32(30(14-22)41-3)42-33(39)23-7-5-11-36-19-23)25-9-8-24(34)15-28(25)27(20)16-31(38)37-18-21-6-4-10-35-17-21/h4-15,17,19H,16,18H2,1-3H3,(H,37,38)/b26-12-. The quantitative estimate of drug-likeness (QED) is 0.200. The molecular weight excluding hydrogens is 537 g/mol. The number of halogens is 1. The largest absolute Gasteiger partial charge is 0.493 e. The number of amides is 1. The molecule has 2 aromatic carbocycles. The van der Waals surface area contributed by atoms with Crippen LogP contribution in [0.2, 0.25) is 0 Å². The van der Waals surface area contributed by atoms with E-state index in [-0.39, 0.29) is 41.0 Å². The van der Waals surface area contributed by atoms with E-state index in [9.17, 15) is 14.0 Å². The molecule has 0 spiro atoms. The number of benzene rings is 2. The topological polar surface area (TPSA) is 99.6 Å². The summed E-state index contributed by atoms with van der Waals surface area (Å²) >= 11 is 0. The number of hydrogen-bond acceptors (Lipinski definition) is 7. The first-order valence-corrected chi connectivity index (χ1v) is 13.1. The molecule has 0 radical (unpaired) electrons. The van der Waals surface area contributed by atoms with Crippen LogP contribution in [-0.4, -0.2) is 36.1 Å². The van der Waals surface area contributed by atoms with Crippen molar-refractivity contribution in [2.75, 3.05) is 14.2 Å². The molecule has 0 fully saturated rings. The van der Waals surface area contributed by atoms with Gasteiger partial charge in [0.1, 0.15) is 5.82 Å². The predicted octanol–water partition coefficient (Wildman–Crippen LogP) is 5.89. The number of esters is 1. The van der Waals surface area contributed by atoms with Gasteiger partial charge in [-0.1, -0.05) is 12.1 Å². The molecule has 8 nitrogen and oxygen atoms in total. The van der Waals surface area contributed by atoms with E-state index < -0.39 is 5.97 Å². The fourth-order valence-corrected chi connectivity index (χ4v) is 4.79. The van der Waals surface area contributed by atoms with E-state index in [1.807, 2.05) is 25.1 Å². The highest BCUT2D eigenvalue weighted by Gasteiger charge is 2.26. The number of aromatic nitrogens is 2. The van der Waals surface area contributed by atoms with Crippen molar-refractivity contribution in [3.8, 4) is 17.2 Å². The van der Waals surface area contributed by atoms with E-state index in [0.29, 0.717) is 17.7 Å². The van der Waals surface area contributed by atoms with Crippen molar-refractivity contribution in [2.45, 2.75) is 19.9 Å². The van der Waals surface area contributed by atoms with Crippen molar-refractivity contribution in [2.24, 2.45) is 0 Å². The smallest absolute Gasteiger partial charge is 0.345 e. The molecule has 4 aromatic rings. The van der Waals surface area contributed by atoms with Gasteiger partial charge in [-0.15, -0.1) is 0 Å². The third kappa shape index (κ3) is 6.05. The van der Waals surface area contributed by atoms with Crippen molar-refractivity contribution >= 4 is 29.1 Å². The summed E-state index contributed by atoms with van der Waals surface area (Å²) in [5, 5.41) is 2.92. The zero-order chi connectivity index (χ0) is 29.6. The molecule has 1 N–H and O–H groups in total. The molecule has 0 unspecified atom stereocenters. The summed E-state index contributed by atoms with van der Waals surface area (Å²) in [4.78, 5) is 33.7. The number of nitrogens with one attached hydrogen (secondary N) is 1. The highest BCUT2D eigenvalue weighted by atomic mass is 19.1.